The van der Waals surface area contributed by atoms with Gasteiger partial charge in [0.1, 0.15) is 0 Å². The molecular formula is C26H30O2S. The van der Waals surface area contributed by atoms with Crippen LogP contribution < -0.4 is 0 Å². The van der Waals surface area contributed by atoms with Crippen molar-refractivity contribution in [1.82, 2.24) is 0 Å². The lowest BCUT2D eigenvalue weighted by molar-refractivity contribution is 0.564. The van der Waals surface area contributed by atoms with Crippen LogP contribution in [-0.4, -0.2) is 14.2 Å². The number of hydrogen-bond donors (Lipinski definition) is 0. The standard InChI is InChI=1S/C26H30O2S/c1-2-3-4-5-6-9-19-29(27,28)25-14-10-12-21-16-17-23-22-13-8-7-11-20(22)15-18-24(23)26(21)25/h6-9,11,13,15-18,25H,2-5,10,12,14,19H2,1H3. The fourth-order valence-electron chi connectivity index (χ4n) is 4.68. The van der Waals surface area contributed by atoms with Gasteiger partial charge >= 0.3 is 0 Å². The van der Waals surface area contributed by atoms with Gasteiger partial charge in [0, 0.05) is 0 Å². The zero-order chi connectivity index (χ0) is 20.3. The van der Waals surface area contributed by atoms with Gasteiger partial charge in [0.15, 0.2) is 9.84 Å². The van der Waals surface area contributed by atoms with E-state index in [0.717, 1.165) is 43.1 Å². The molecule has 3 aromatic rings. The van der Waals surface area contributed by atoms with Crippen molar-refractivity contribution in [3.05, 3.63) is 71.8 Å². The van der Waals surface area contributed by atoms with Crippen LogP contribution >= 0.6 is 0 Å². The average molecular weight is 407 g/mol. The van der Waals surface area contributed by atoms with E-state index in [1.54, 1.807) is 0 Å². The lowest BCUT2D eigenvalue weighted by Crippen LogP contribution is -2.21. The van der Waals surface area contributed by atoms with E-state index in [1.807, 2.05) is 18.2 Å². The van der Waals surface area contributed by atoms with E-state index in [4.69, 9.17) is 0 Å². The molecule has 3 heteroatoms. The van der Waals surface area contributed by atoms with Gasteiger partial charge in [-0.25, -0.2) is 8.42 Å². The van der Waals surface area contributed by atoms with Crippen LogP contribution in [0.2, 0.25) is 0 Å². The molecule has 0 radical (unpaired) electrons. The number of benzene rings is 3. The van der Waals surface area contributed by atoms with Crippen LogP contribution in [0.1, 0.15) is 61.8 Å². The van der Waals surface area contributed by atoms with Gasteiger partial charge in [0.2, 0.25) is 0 Å². The van der Waals surface area contributed by atoms with Crippen LogP contribution in [0.25, 0.3) is 21.5 Å². The molecule has 0 bridgehead atoms. The summed E-state index contributed by atoms with van der Waals surface area (Å²) in [7, 11) is -3.22. The van der Waals surface area contributed by atoms with E-state index in [9.17, 15) is 8.42 Å². The Labute approximate surface area is 174 Å². The van der Waals surface area contributed by atoms with E-state index in [0.29, 0.717) is 0 Å². The Bertz CT molecular complexity index is 1140. The highest BCUT2D eigenvalue weighted by Crippen LogP contribution is 2.42. The SMILES string of the molecule is CCCCCC=CCS(=O)(=O)C1CCCc2ccc3c(ccc4ccccc43)c21. The van der Waals surface area contributed by atoms with Crippen LogP contribution in [0.15, 0.2) is 60.7 Å². The molecule has 29 heavy (non-hydrogen) atoms. The lowest BCUT2D eigenvalue weighted by Gasteiger charge is -2.27. The van der Waals surface area contributed by atoms with Crippen molar-refractivity contribution < 1.29 is 8.42 Å². The second-order valence-electron chi connectivity index (χ2n) is 8.20. The smallest absolute Gasteiger partial charge is 0.160 e. The van der Waals surface area contributed by atoms with Crippen LogP contribution in [0.4, 0.5) is 0 Å². The summed E-state index contributed by atoms with van der Waals surface area (Å²) in [5.74, 6) is 0.146. The Morgan fingerprint density at radius 1 is 0.931 bits per heavy atom. The molecule has 0 saturated carbocycles. The lowest BCUT2D eigenvalue weighted by atomic mass is 9.86. The Balaban J connectivity index is 1.71. The average Bonchev–Trinajstić information content (AvgIpc) is 2.75. The van der Waals surface area contributed by atoms with Crippen LogP contribution in [0, 0.1) is 0 Å². The summed E-state index contributed by atoms with van der Waals surface area (Å²) >= 11 is 0. The molecule has 1 aliphatic rings. The zero-order valence-electron chi connectivity index (χ0n) is 17.2. The molecule has 0 N–H and O–H groups in total. The second-order valence-corrected chi connectivity index (χ2v) is 10.4. The van der Waals surface area contributed by atoms with Crippen molar-refractivity contribution in [2.75, 3.05) is 5.75 Å². The summed E-state index contributed by atoms with van der Waals surface area (Å²) in [6.45, 7) is 2.18. The molecule has 0 spiro atoms. The number of aryl methyl sites for hydroxylation is 1. The third kappa shape index (κ3) is 4.11. The minimum absolute atomic E-state index is 0.146. The minimum atomic E-state index is -3.22. The van der Waals surface area contributed by atoms with Gasteiger partial charge in [-0.1, -0.05) is 80.4 Å². The van der Waals surface area contributed by atoms with E-state index in [-0.39, 0.29) is 5.75 Å². The summed E-state index contributed by atoms with van der Waals surface area (Å²) in [6, 6.07) is 17.0. The van der Waals surface area contributed by atoms with Crippen molar-refractivity contribution in [3.8, 4) is 0 Å². The number of unbranched alkanes of at least 4 members (excludes halogenated alkanes) is 3. The van der Waals surface area contributed by atoms with Crippen molar-refractivity contribution >= 4 is 31.4 Å². The first-order chi connectivity index (χ1) is 14.1. The first kappa shape index (κ1) is 20.2. The van der Waals surface area contributed by atoms with E-state index in [1.165, 1.54) is 34.6 Å². The Morgan fingerprint density at radius 3 is 2.62 bits per heavy atom. The maximum Gasteiger partial charge on any atom is 0.160 e. The molecular weight excluding hydrogens is 376 g/mol. The molecule has 0 aliphatic heterocycles. The molecule has 2 nitrogen and oxygen atoms in total. The number of hydrogen-bond acceptors (Lipinski definition) is 2. The molecule has 1 aliphatic carbocycles. The first-order valence-corrected chi connectivity index (χ1v) is 12.6. The van der Waals surface area contributed by atoms with Gasteiger partial charge in [0.25, 0.3) is 0 Å². The Morgan fingerprint density at radius 2 is 1.76 bits per heavy atom. The van der Waals surface area contributed by atoms with Crippen LogP contribution in [0.5, 0.6) is 0 Å². The molecule has 0 aromatic heterocycles. The Hall–Kier alpha value is -2.13. The molecule has 0 saturated heterocycles. The van der Waals surface area contributed by atoms with Crippen molar-refractivity contribution in [2.24, 2.45) is 0 Å². The normalized spacial score (nSPS) is 17.2. The summed E-state index contributed by atoms with van der Waals surface area (Å²) in [5, 5.41) is 4.28. The monoisotopic (exact) mass is 406 g/mol. The molecule has 0 fully saturated rings. The molecule has 4 rings (SSSR count). The molecule has 0 heterocycles. The molecule has 1 unspecified atom stereocenters. The van der Waals surface area contributed by atoms with E-state index >= 15 is 0 Å². The summed E-state index contributed by atoms with van der Waals surface area (Å²) in [5.41, 5.74) is 2.26. The van der Waals surface area contributed by atoms with E-state index < -0.39 is 15.1 Å². The first-order valence-electron chi connectivity index (χ1n) is 10.9. The predicted octanol–water partition coefficient (Wildman–Crippen LogP) is 6.92. The number of rotatable bonds is 7. The molecule has 3 aromatic carbocycles. The van der Waals surface area contributed by atoms with Crippen molar-refractivity contribution in [1.29, 1.82) is 0 Å². The van der Waals surface area contributed by atoms with Crippen molar-refractivity contribution in [3.63, 3.8) is 0 Å². The fraction of sp³-hybridized carbons (Fsp3) is 0.385. The highest BCUT2D eigenvalue weighted by molar-refractivity contribution is 7.91. The van der Waals surface area contributed by atoms with Crippen molar-refractivity contribution in [2.45, 2.75) is 57.1 Å². The minimum Gasteiger partial charge on any atom is -0.228 e. The summed E-state index contributed by atoms with van der Waals surface area (Å²) in [6.07, 6.45) is 11.1. The summed E-state index contributed by atoms with van der Waals surface area (Å²) in [4.78, 5) is 0. The van der Waals surface area contributed by atoms with Gasteiger partial charge in [-0.15, -0.1) is 0 Å². The van der Waals surface area contributed by atoms with Gasteiger partial charge in [0.05, 0.1) is 11.0 Å². The van der Waals surface area contributed by atoms with Crippen LogP contribution in [0.3, 0.4) is 0 Å². The van der Waals surface area contributed by atoms with E-state index in [2.05, 4.69) is 49.4 Å². The van der Waals surface area contributed by atoms with Gasteiger partial charge in [-0.05, 0) is 64.8 Å². The maximum absolute atomic E-state index is 13.3. The van der Waals surface area contributed by atoms with Gasteiger partial charge in [-0.2, -0.15) is 0 Å². The molecule has 0 amide bonds. The largest absolute Gasteiger partial charge is 0.228 e. The number of allylic oxidation sites excluding steroid dienone is 1. The highest BCUT2D eigenvalue weighted by atomic mass is 32.2. The maximum atomic E-state index is 13.3. The van der Waals surface area contributed by atoms with Gasteiger partial charge < -0.3 is 0 Å². The molecule has 1 atom stereocenters. The van der Waals surface area contributed by atoms with Crippen LogP contribution in [-0.2, 0) is 16.3 Å². The topological polar surface area (TPSA) is 34.1 Å². The third-order valence-corrected chi connectivity index (χ3v) is 8.19. The number of sulfone groups is 1. The quantitative estimate of drug-likeness (QED) is 0.242. The Kier molecular flexibility index (Phi) is 6.05. The zero-order valence-corrected chi connectivity index (χ0v) is 18.0. The third-order valence-electron chi connectivity index (χ3n) is 6.20. The predicted molar refractivity (Wildman–Crippen MR) is 124 cm³/mol. The molecule has 152 valence electrons. The second kappa shape index (κ2) is 8.71. The highest BCUT2D eigenvalue weighted by Gasteiger charge is 2.32. The summed E-state index contributed by atoms with van der Waals surface area (Å²) < 4.78 is 26.6. The fourth-order valence-corrected chi connectivity index (χ4v) is 6.48. The van der Waals surface area contributed by atoms with Gasteiger partial charge in [-0.3, -0.25) is 0 Å². The number of fused-ring (bicyclic) bond motifs is 5.